The quantitative estimate of drug-likeness (QED) is 0.545. The van der Waals surface area contributed by atoms with Crippen LogP contribution in [0.1, 0.15) is 13.3 Å². The summed E-state index contributed by atoms with van der Waals surface area (Å²) in [5.74, 6) is 0. The predicted molar refractivity (Wildman–Crippen MR) is 48.6 cm³/mol. The molecular weight excluding hydrogens is 148 g/mol. The van der Waals surface area contributed by atoms with Crippen molar-refractivity contribution in [2.45, 2.75) is 13.3 Å². The molecule has 0 aliphatic heterocycles. The van der Waals surface area contributed by atoms with Crippen molar-refractivity contribution in [2.75, 3.05) is 0 Å². The van der Waals surface area contributed by atoms with Crippen LogP contribution < -0.4 is 10.7 Å². The first-order valence-corrected chi connectivity index (χ1v) is 4.01. The van der Waals surface area contributed by atoms with Crippen LogP contribution in [0.5, 0.6) is 0 Å². The summed E-state index contributed by atoms with van der Waals surface area (Å²) in [7, 11) is 0. The number of allylic oxidation sites excluding steroid dienone is 2. The second kappa shape index (κ2) is 2.89. The maximum absolute atomic E-state index is 4.23. The maximum atomic E-state index is 4.23. The first kappa shape index (κ1) is 7.22. The zero-order valence-corrected chi connectivity index (χ0v) is 6.99. The molecule has 0 aromatic carbocycles. The van der Waals surface area contributed by atoms with E-state index in [4.69, 9.17) is 0 Å². The number of hydrogen-bond donors (Lipinski definition) is 0. The molecule has 2 rings (SSSR count). The number of nitrogens with zero attached hydrogens (tertiary/aromatic N) is 2. The molecule has 0 saturated heterocycles. The lowest BCUT2D eigenvalue weighted by Gasteiger charge is -1.87. The zero-order valence-electron chi connectivity index (χ0n) is 6.99. The SMILES string of the molecule is CC1=CC=c2nccnc2=CC1. The topological polar surface area (TPSA) is 25.8 Å². The van der Waals surface area contributed by atoms with Crippen LogP contribution in [0.2, 0.25) is 0 Å². The molecule has 1 aliphatic carbocycles. The van der Waals surface area contributed by atoms with Crippen molar-refractivity contribution in [1.82, 2.24) is 9.97 Å². The van der Waals surface area contributed by atoms with Gasteiger partial charge in [0.25, 0.3) is 0 Å². The summed E-state index contributed by atoms with van der Waals surface area (Å²) in [5, 5.41) is 1.96. The molecule has 0 unspecified atom stereocenters. The Morgan fingerprint density at radius 2 is 1.83 bits per heavy atom. The van der Waals surface area contributed by atoms with Crippen LogP contribution in [0, 0.1) is 0 Å². The minimum absolute atomic E-state index is 0.967. The van der Waals surface area contributed by atoms with Gasteiger partial charge in [-0.05, 0) is 19.4 Å². The van der Waals surface area contributed by atoms with E-state index in [0.29, 0.717) is 0 Å². The van der Waals surface area contributed by atoms with Gasteiger partial charge in [0.1, 0.15) is 0 Å². The Morgan fingerprint density at radius 3 is 2.67 bits per heavy atom. The first-order valence-electron chi connectivity index (χ1n) is 4.01. The molecule has 0 spiro atoms. The zero-order chi connectivity index (χ0) is 8.39. The van der Waals surface area contributed by atoms with Gasteiger partial charge in [0, 0.05) is 12.4 Å². The van der Waals surface area contributed by atoms with Crippen LogP contribution >= 0.6 is 0 Å². The summed E-state index contributed by atoms with van der Waals surface area (Å²) in [6, 6.07) is 0. The van der Waals surface area contributed by atoms with Gasteiger partial charge in [-0.2, -0.15) is 0 Å². The fourth-order valence-corrected chi connectivity index (χ4v) is 1.19. The monoisotopic (exact) mass is 158 g/mol. The molecule has 0 N–H and O–H groups in total. The Kier molecular flexibility index (Phi) is 1.74. The minimum atomic E-state index is 0.967. The lowest BCUT2D eigenvalue weighted by molar-refractivity contribution is 1.09. The Hall–Kier alpha value is -1.44. The number of rotatable bonds is 0. The highest BCUT2D eigenvalue weighted by Gasteiger charge is 1.92. The fourth-order valence-electron chi connectivity index (χ4n) is 1.19. The molecule has 0 amide bonds. The molecule has 1 aliphatic rings. The van der Waals surface area contributed by atoms with Gasteiger partial charge in [-0.3, -0.25) is 9.97 Å². The Labute approximate surface area is 71.0 Å². The molecule has 1 aromatic rings. The van der Waals surface area contributed by atoms with Gasteiger partial charge in [0.2, 0.25) is 0 Å². The van der Waals surface area contributed by atoms with E-state index in [9.17, 15) is 0 Å². The number of hydrogen-bond acceptors (Lipinski definition) is 2. The van der Waals surface area contributed by atoms with Crippen LogP contribution in [-0.4, -0.2) is 9.97 Å². The van der Waals surface area contributed by atoms with Crippen LogP contribution in [-0.2, 0) is 0 Å². The van der Waals surface area contributed by atoms with Gasteiger partial charge >= 0.3 is 0 Å². The average molecular weight is 158 g/mol. The van der Waals surface area contributed by atoms with Crippen LogP contribution in [0.15, 0.2) is 24.0 Å². The van der Waals surface area contributed by atoms with Crippen molar-refractivity contribution in [3.63, 3.8) is 0 Å². The largest absolute Gasteiger partial charge is 0.253 e. The highest BCUT2D eigenvalue weighted by Crippen LogP contribution is 2.00. The fraction of sp³-hybridized carbons (Fsp3) is 0.200. The number of aromatic nitrogens is 2. The van der Waals surface area contributed by atoms with E-state index in [1.54, 1.807) is 12.4 Å². The maximum Gasteiger partial charge on any atom is 0.0883 e. The second-order valence-electron chi connectivity index (χ2n) is 2.91. The highest BCUT2D eigenvalue weighted by molar-refractivity contribution is 5.43. The molecule has 0 fully saturated rings. The third-order valence-electron chi connectivity index (χ3n) is 1.90. The average Bonchev–Trinajstić information content (AvgIpc) is 2.29. The molecule has 2 nitrogen and oxygen atoms in total. The molecule has 2 heteroatoms. The summed E-state index contributed by atoms with van der Waals surface area (Å²) in [6.07, 6.45) is 10.6. The molecule has 12 heavy (non-hydrogen) atoms. The van der Waals surface area contributed by atoms with Gasteiger partial charge < -0.3 is 0 Å². The van der Waals surface area contributed by atoms with Crippen molar-refractivity contribution < 1.29 is 0 Å². The van der Waals surface area contributed by atoms with Gasteiger partial charge in [0.15, 0.2) is 0 Å². The van der Waals surface area contributed by atoms with Gasteiger partial charge in [-0.1, -0.05) is 17.7 Å². The van der Waals surface area contributed by atoms with Crippen molar-refractivity contribution in [1.29, 1.82) is 0 Å². The van der Waals surface area contributed by atoms with Gasteiger partial charge in [0.05, 0.1) is 10.7 Å². The van der Waals surface area contributed by atoms with Crippen molar-refractivity contribution >= 4 is 12.2 Å². The Morgan fingerprint density at radius 1 is 1.08 bits per heavy atom. The van der Waals surface area contributed by atoms with Crippen LogP contribution in [0.3, 0.4) is 0 Å². The van der Waals surface area contributed by atoms with E-state index in [1.165, 1.54) is 5.57 Å². The summed E-state index contributed by atoms with van der Waals surface area (Å²) >= 11 is 0. The second-order valence-corrected chi connectivity index (χ2v) is 2.91. The molecule has 60 valence electrons. The van der Waals surface area contributed by atoms with E-state index in [1.807, 2.05) is 6.08 Å². The number of fused-ring (bicyclic) bond motifs is 1. The highest BCUT2D eigenvalue weighted by atomic mass is 14.8. The van der Waals surface area contributed by atoms with E-state index < -0.39 is 0 Å². The van der Waals surface area contributed by atoms with Gasteiger partial charge in [-0.15, -0.1) is 0 Å². The van der Waals surface area contributed by atoms with Crippen LogP contribution in [0.25, 0.3) is 12.2 Å². The van der Waals surface area contributed by atoms with Crippen molar-refractivity contribution in [3.05, 3.63) is 34.7 Å². The molecule has 1 heterocycles. The van der Waals surface area contributed by atoms with Crippen molar-refractivity contribution in [3.8, 4) is 0 Å². The normalized spacial score (nSPS) is 14.9. The molecular formula is C10H10N2. The van der Waals surface area contributed by atoms with E-state index in [0.717, 1.165) is 17.1 Å². The van der Waals surface area contributed by atoms with Gasteiger partial charge in [-0.25, -0.2) is 0 Å². The van der Waals surface area contributed by atoms with Crippen molar-refractivity contribution in [2.24, 2.45) is 0 Å². The summed E-state index contributed by atoms with van der Waals surface area (Å²) < 4.78 is 0. The predicted octanol–water partition coefficient (Wildman–Crippen LogP) is 0.388. The third kappa shape index (κ3) is 1.28. The third-order valence-corrected chi connectivity index (χ3v) is 1.90. The van der Waals surface area contributed by atoms with E-state index >= 15 is 0 Å². The van der Waals surface area contributed by atoms with Crippen LogP contribution in [0.4, 0.5) is 0 Å². The summed E-state index contributed by atoms with van der Waals surface area (Å²) in [6.45, 7) is 2.11. The minimum Gasteiger partial charge on any atom is -0.253 e. The standard InChI is InChI=1S/C10H10N2/c1-8-2-4-9-10(5-3-8)12-7-6-11-9/h2,4-7H,3H2,1H3. The van der Waals surface area contributed by atoms with E-state index in [-0.39, 0.29) is 0 Å². The molecule has 0 radical (unpaired) electrons. The van der Waals surface area contributed by atoms with E-state index in [2.05, 4.69) is 29.0 Å². The molecule has 0 atom stereocenters. The Bertz CT molecular complexity index is 429. The first-order chi connectivity index (χ1) is 5.86. The molecule has 0 bridgehead atoms. The lowest BCUT2D eigenvalue weighted by atomic mass is 10.2. The smallest absolute Gasteiger partial charge is 0.0883 e. The lowest BCUT2D eigenvalue weighted by Crippen LogP contribution is -2.29. The summed E-state index contributed by atoms with van der Waals surface area (Å²) in [5.41, 5.74) is 1.34. The molecule has 1 aromatic heterocycles. The molecule has 0 saturated carbocycles. The Balaban J connectivity index is 2.72. The summed E-state index contributed by atoms with van der Waals surface area (Å²) in [4.78, 5) is 8.45.